The van der Waals surface area contributed by atoms with Crippen molar-refractivity contribution in [3.8, 4) is 0 Å². The molecule has 1 aliphatic heterocycles. The number of carboxylic acid groups (broad SMARTS) is 1. The predicted molar refractivity (Wildman–Crippen MR) is 148 cm³/mol. The summed E-state index contributed by atoms with van der Waals surface area (Å²) in [5.74, 6) is -0.362. The monoisotopic (exact) mass is 530 g/mol. The van der Waals surface area contributed by atoms with Gasteiger partial charge < -0.3 is 15.3 Å². The van der Waals surface area contributed by atoms with E-state index in [1.807, 2.05) is 24.3 Å². The van der Waals surface area contributed by atoms with Gasteiger partial charge in [0.2, 0.25) is 0 Å². The number of benzene rings is 1. The summed E-state index contributed by atoms with van der Waals surface area (Å²) in [7, 11) is 0. The second-order valence-electron chi connectivity index (χ2n) is 12.3. The molecule has 0 unspecified atom stereocenters. The number of carbonyl (C=O) groups is 3. The summed E-state index contributed by atoms with van der Waals surface area (Å²) in [5.41, 5.74) is 2.36. The summed E-state index contributed by atoms with van der Waals surface area (Å²) < 4.78 is 0. The predicted octanol–water partition coefficient (Wildman–Crippen LogP) is 5.00. The van der Waals surface area contributed by atoms with Gasteiger partial charge in [-0.15, -0.1) is 0 Å². The summed E-state index contributed by atoms with van der Waals surface area (Å²) >= 11 is 0. The Balaban J connectivity index is 1.45. The van der Waals surface area contributed by atoms with Crippen LogP contribution in [0.25, 0.3) is 0 Å². The van der Waals surface area contributed by atoms with Gasteiger partial charge in [0.1, 0.15) is 11.4 Å². The van der Waals surface area contributed by atoms with Gasteiger partial charge in [0.05, 0.1) is 12.5 Å². The number of hydrogen-bond acceptors (Lipinski definition) is 5. The number of amides is 2. The zero-order valence-electron chi connectivity index (χ0n) is 23.0. The Morgan fingerprint density at radius 3 is 2.36 bits per heavy atom. The molecule has 0 radical (unpaired) electrons. The molecule has 8 heteroatoms. The van der Waals surface area contributed by atoms with Gasteiger partial charge >= 0.3 is 5.97 Å². The smallest absolute Gasteiger partial charge is 0.305 e. The van der Waals surface area contributed by atoms with Crippen LogP contribution in [0.15, 0.2) is 53.8 Å². The first kappa shape index (κ1) is 27.0. The first-order chi connectivity index (χ1) is 18.6. The van der Waals surface area contributed by atoms with Crippen LogP contribution in [0.1, 0.15) is 93.2 Å². The molecule has 1 atom stereocenters. The lowest BCUT2D eigenvalue weighted by molar-refractivity contribution is -0.137. The number of pyridine rings is 1. The normalized spacial score (nSPS) is 24.0. The maximum Gasteiger partial charge on any atom is 0.305 e. The van der Waals surface area contributed by atoms with Crippen LogP contribution in [0, 0.1) is 17.3 Å². The first-order valence-corrected chi connectivity index (χ1v) is 14.0. The van der Waals surface area contributed by atoms with Gasteiger partial charge in [-0.3, -0.25) is 24.4 Å². The third-order valence-electron chi connectivity index (χ3n) is 8.62. The van der Waals surface area contributed by atoms with Gasteiger partial charge in [-0.1, -0.05) is 32.9 Å². The minimum absolute atomic E-state index is 0.0374. The molecule has 5 rings (SSSR count). The highest BCUT2D eigenvalue weighted by atomic mass is 16.4. The lowest BCUT2D eigenvalue weighted by Crippen LogP contribution is -2.52. The third-order valence-corrected chi connectivity index (χ3v) is 8.62. The Bertz CT molecular complexity index is 1250. The van der Waals surface area contributed by atoms with E-state index in [0.717, 1.165) is 49.7 Å². The lowest BCUT2D eigenvalue weighted by atomic mass is 9.69. The minimum Gasteiger partial charge on any atom is -0.481 e. The van der Waals surface area contributed by atoms with Gasteiger partial charge in [0.15, 0.2) is 0 Å². The van der Waals surface area contributed by atoms with Crippen molar-refractivity contribution in [3.05, 3.63) is 65.5 Å². The largest absolute Gasteiger partial charge is 0.481 e. The second-order valence-corrected chi connectivity index (χ2v) is 12.3. The Morgan fingerprint density at radius 1 is 1.10 bits per heavy atom. The summed E-state index contributed by atoms with van der Waals surface area (Å²) in [6.45, 7) is 6.97. The summed E-state index contributed by atoms with van der Waals surface area (Å²) in [4.78, 5) is 49.1. The Labute approximate surface area is 229 Å². The zero-order chi connectivity index (χ0) is 27.8. The number of nitrogens with one attached hydrogen (secondary N) is 1. The quantitative estimate of drug-likeness (QED) is 0.499. The van der Waals surface area contributed by atoms with Crippen molar-refractivity contribution >= 4 is 23.5 Å². The molecule has 206 valence electrons. The second kappa shape index (κ2) is 10.5. The van der Waals surface area contributed by atoms with Crippen molar-refractivity contribution in [2.24, 2.45) is 22.2 Å². The van der Waals surface area contributed by atoms with Gasteiger partial charge in [-0.05, 0) is 85.6 Å². The van der Waals surface area contributed by atoms with Gasteiger partial charge in [0.25, 0.3) is 11.8 Å². The van der Waals surface area contributed by atoms with Crippen LogP contribution < -0.4 is 5.32 Å². The molecule has 2 N–H and O–H groups in total. The molecule has 2 aliphatic carbocycles. The van der Waals surface area contributed by atoms with E-state index in [9.17, 15) is 14.4 Å². The number of nitrogens with zero attached hydrogens (tertiary/aromatic N) is 3. The molecule has 2 aromatic rings. The van der Waals surface area contributed by atoms with E-state index >= 15 is 0 Å². The van der Waals surface area contributed by atoms with Crippen molar-refractivity contribution in [1.29, 1.82) is 0 Å². The number of aliphatic imine (C=N–C) groups is 1. The van der Waals surface area contributed by atoms with E-state index in [0.29, 0.717) is 23.1 Å². The number of hydrogen-bond donors (Lipinski definition) is 2. The summed E-state index contributed by atoms with van der Waals surface area (Å²) in [6.07, 6.45) is 9.10. The number of aromatic nitrogens is 1. The molecule has 2 heterocycles. The maximum atomic E-state index is 14.2. The average Bonchev–Trinajstić information content (AvgIpc) is 3.71. The number of aliphatic carboxylic acids is 1. The van der Waals surface area contributed by atoms with Crippen LogP contribution in [-0.4, -0.2) is 50.7 Å². The molecule has 2 amide bonds. The van der Waals surface area contributed by atoms with Crippen LogP contribution in [0.3, 0.4) is 0 Å². The van der Waals surface area contributed by atoms with Crippen molar-refractivity contribution in [2.45, 2.75) is 77.4 Å². The fourth-order valence-electron chi connectivity index (χ4n) is 6.25. The topological polar surface area (TPSA) is 112 Å². The molecule has 8 nitrogen and oxygen atoms in total. The SMILES string of the molecule is CC(C)(C)C1CCC2(CC1)N=C(c1cccnc1)C(=O)N2[C@@H](c1ccc(C(=O)NCCC(=O)O)cc1)C1CC1. The Morgan fingerprint density at radius 2 is 1.79 bits per heavy atom. The highest BCUT2D eigenvalue weighted by Crippen LogP contribution is 2.54. The zero-order valence-corrected chi connectivity index (χ0v) is 23.0. The molecular formula is C31H38N4O4. The first-order valence-electron chi connectivity index (χ1n) is 14.0. The van der Waals surface area contributed by atoms with Gasteiger partial charge in [-0.2, -0.15) is 0 Å². The maximum absolute atomic E-state index is 14.2. The van der Waals surface area contributed by atoms with E-state index in [2.05, 4.69) is 36.0 Å². The van der Waals surface area contributed by atoms with Crippen molar-refractivity contribution in [2.75, 3.05) is 6.54 Å². The molecule has 0 saturated heterocycles. The summed E-state index contributed by atoms with van der Waals surface area (Å²) in [6, 6.07) is 11.1. The number of carboxylic acids is 1. The van der Waals surface area contributed by atoms with Crippen LogP contribution in [0.4, 0.5) is 0 Å². The third kappa shape index (κ3) is 5.60. The number of carbonyl (C=O) groups excluding carboxylic acids is 2. The number of rotatable bonds is 8. The van der Waals surface area contributed by atoms with E-state index in [4.69, 9.17) is 10.1 Å². The molecule has 3 aliphatic rings. The fourth-order valence-corrected chi connectivity index (χ4v) is 6.25. The van der Waals surface area contributed by atoms with Crippen LogP contribution >= 0.6 is 0 Å². The van der Waals surface area contributed by atoms with Crippen LogP contribution in [-0.2, 0) is 9.59 Å². The highest BCUT2D eigenvalue weighted by molar-refractivity contribution is 6.46. The van der Waals surface area contributed by atoms with Crippen molar-refractivity contribution in [1.82, 2.24) is 15.2 Å². The van der Waals surface area contributed by atoms with Gasteiger partial charge in [0, 0.05) is 30.1 Å². The van der Waals surface area contributed by atoms with E-state index in [1.54, 1.807) is 24.5 Å². The summed E-state index contributed by atoms with van der Waals surface area (Å²) in [5, 5.41) is 11.5. The lowest BCUT2D eigenvalue weighted by Gasteiger charge is -2.47. The Kier molecular flexibility index (Phi) is 7.31. The minimum atomic E-state index is -0.952. The standard InChI is InChI=1S/C31H38N4O4/c1-30(2,3)24-12-15-31(16-13-24)34-26(23-5-4-17-32-19-23)29(39)35(31)27(20-6-7-20)21-8-10-22(11-9-21)28(38)33-18-14-25(36)37/h4-5,8-11,17,19-20,24,27H,6-7,12-16,18H2,1-3H3,(H,33,38)(H,36,37)/t24?,27-,31?/m1/s1. The Hall–Kier alpha value is -3.55. The molecule has 39 heavy (non-hydrogen) atoms. The van der Waals surface area contributed by atoms with Crippen molar-refractivity contribution in [3.63, 3.8) is 0 Å². The van der Waals surface area contributed by atoms with Crippen LogP contribution in [0.2, 0.25) is 0 Å². The highest BCUT2D eigenvalue weighted by Gasteiger charge is 2.55. The molecule has 1 spiro atoms. The van der Waals surface area contributed by atoms with Crippen molar-refractivity contribution < 1.29 is 19.5 Å². The molecule has 1 aromatic heterocycles. The average molecular weight is 531 g/mol. The molecule has 2 fully saturated rings. The molecular weight excluding hydrogens is 492 g/mol. The van der Waals surface area contributed by atoms with E-state index < -0.39 is 11.6 Å². The van der Waals surface area contributed by atoms with E-state index in [1.165, 1.54) is 0 Å². The van der Waals surface area contributed by atoms with Crippen LogP contribution in [0.5, 0.6) is 0 Å². The van der Waals surface area contributed by atoms with Gasteiger partial charge in [-0.25, -0.2) is 0 Å². The molecule has 2 saturated carbocycles. The molecule has 1 aromatic carbocycles. The fraction of sp³-hybridized carbons (Fsp3) is 0.516. The van der Waals surface area contributed by atoms with E-state index in [-0.39, 0.29) is 36.2 Å². The molecule has 0 bridgehead atoms.